The van der Waals surface area contributed by atoms with Crippen molar-refractivity contribution >= 4 is 12.0 Å². The first-order valence-electron chi connectivity index (χ1n) is 7.97. The Bertz CT molecular complexity index is 380. The molecule has 0 aromatic carbocycles. The Labute approximate surface area is 126 Å². The highest BCUT2D eigenvalue weighted by Gasteiger charge is 2.28. The Morgan fingerprint density at radius 3 is 2.43 bits per heavy atom. The van der Waals surface area contributed by atoms with Gasteiger partial charge in [-0.25, -0.2) is 4.79 Å². The fourth-order valence-electron chi connectivity index (χ4n) is 3.32. The monoisotopic (exact) mass is 297 g/mol. The van der Waals surface area contributed by atoms with E-state index in [1.165, 1.54) is 19.3 Å². The van der Waals surface area contributed by atoms with Gasteiger partial charge in [-0.3, -0.25) is 9.69 Å². The second-order valence-corrected chi connectivity index (χ2v) is 6.51. The van der Waals surface area contributed by atoms with Crippen molar-refractivity contribution in [1.82, 2.24) is 15.1 Å². The van der Waals surface area contributed by atoms with Crippen LogP contribution in [0, 0.1) is 11.8 Å². The Morgan fingerprint density at radius 2 is 1.90 bits per heavy atom. The summed E-state index contributed by atoms with van der Waals surface area (Å²) < 4.78 is 0. The molecule has 2 aliphatic rings. The molecular weight excluding hydrogens is 270 g/mol. The molecule has 21 heavy (non-hydrogen) atoms. The first-order valence-corrected chi connectivity index (χ1v) is 7.97. The maximum atomic E-state index is 12.1. The molecule has 0 bridgehead atoms. The number of hydrogen-bond acceptors (Lipinski definition) is 3. The lowest BCUT2D eigenvalue weighted by atomic mass is 10.1. The number of amides is 2. The van der Waals surface area contributed by atoms with Gasteiger partial charge in [-0.05, 0) is 31.6 Å². The third kappa shape index (κ3) is 4.33. The molecule has 0 spiro atoms. The molecule has 1 saturated heterocycles. The minimum absolute atomic E-state index is 0.00261. The zero-order valence-electron chi connectivity index (χ0n) is 13.0. The molecule has 0 aromatic rings. The van der Waals surface area contributed by atoms with Gasteiger partial charge in [-0.2, -0.15) is 0 Å². The number of hydrogen-bond donors (Lipinski definition) is 2. The van der Waals surface area contributed by atoms with Gasteiger partial charge in [0.15, 0.2) is 0 Å². The van der Waals surface area contributed by atoms with Gasteiger partial charge in [-0.1, -0.05) is 13.3 Å². The molecule has 3 atom stereocenters. The summed E-state index contributed by atoms with van der Waals surface area (Å²) in [6.45, 7) is 7.19. The number of urea groups is 1. The molecule has 2 rings (SSSR count). The predicted molar refractivity (Wildman–Crippen MR) is 80.1 cm³/mol. The maximum Gasteiger partial charge on any atom is 0.320 e. The van der Waals surface area contributed by atoms with Crippen LogP contribution in [0.4, 0.5) is 4.79 Å². The minimum atomic E-state index is -0.803. The van der Waals surface area contributed by atoms with Gasteiger partial charge in [0.05, 0.1) is 0 Å². The molecule has 3 unspecified atom stereocenters. The van der Waals surface area contributed by atoms with Crippen molar-refractivity contribution in [2.45, 2.75) is 39.2 Å². The first-order chi connectivity index (χ1) is 9.97. The summed E-state index contributed by atoms with van der Waals surface area (Å²) in [4.78, 5) is 26.8. The SMILES string of the molecule is CC1CCC(CNC(=O)N2CCN(C(C)C(=O)O)CC2)C1. The molecule has 2 amide bonds. The Morgan fingerprint density at radius 1 is 1.24 bits per heavy atom. The predicted octanol–water partition coefficient (Wildman–Crippen LogP) is 1.22. The lowest BCUT2D eigenvalue weighted by Gasteiger charge is -2.36. The minimum Gasteiger partial charge on any atom is -0.480 e. The van der Waals surface area contributed by atoms with Gasteiger partial charge in [0, 0.05) is 32.7 Å². The summed E-state index contributed by atoms with van der Waals surface area (Å²) >= 11 is 0. The number of aliphatic carboxylic acids is 1. The van der Waals surface area contributed by atoms with E-state index >= 15 is 0 Å². The van der Waals surface area contributed by atoms with E-state index in [1.54, 1.807) is 11.8 Å². The zero-order chi connectivity index (χ0) is 15.4. The van der Waals surface area contributed by atoms with E-state index < -0.39 is 12.0 Å². The number of piperazine rings is 1. The summed E-state index contributed by atoms with van der Waals surface area (Å²) in [7, 11) is 0. The van der Waals surface area contributed by atoms with Gasteiger partial charge < -0.3 is 15.3 Å². The highest BCUT2D eigenvalue weighted by atomic mass is 16.4. The smallest absolute Gasteiger partial charge is 0.320 e. The van der Waals surface area contributed by atoms with Crippen LogP contribution < -0.4 is 5.32 Å². The van der Waals surface area contributed by atoms with Gasteiger partial charge in [0.25, 0.3) is 0 Å². The molecule has 120 valence electrons. The third-order valence-corrected chi connectivity index (χ3v) is 4.85. The molecule has 0 aromatic heterocycles. The number of carboxylic acids is 1. The topological polar surface area (TPSA) is 72.9 Å². The van der Waals surface area contributed by atoms with Gasteiger partial charge in [0.1, 0.15) is 6.04 Å². The Hall–Kier alpha value is -1.30. The van der Waals surface area contributed by atoms with Gasteiger partial charge in [0.2, 0.25) is 0 Å². The summed E-state index contributed by atoms with van der Waals surface area (Å²) in [5, 5.41) is 12.0. The number of rotatable bonds is 4. The third-order valence-electron chi connectivity index (χ3n) is 4.85. The van der Waals surface area contributed by atoms with Crippen molar-refractivity contribution in [2.24, 2.45) is 11.8 Å². The standard InChI is InChI=1S/C15H27N3O3/c1-11-3-4-13(9-11)10-16-15(21)18-7-5-17(6-8-18)12(2)14(19)20/h11-13H,3-10H2,1-2H3,(H,16,21)(H,19,20). The molecule has 0 radical (unpaired) electrons. The van der Waals surface area contributed by atoms with Crippen molar-refractivity contribution in [2.75, 3.05) is 32.7 Å². The normalized spacial score (nSPS) is 28.4. The fraction of sp³-hybridized carbons (Fsp3) is 0.867. The van der Waals surface area contributed by atoms with Gasteiger partial charge in [-0.15, -0.1) is 0 Å². The van der Waals surface area contributed by atoms with Crippen molar-refractivity contribution in [3.8, 4) is 0 Å². The molecule has 2 fully saturated rings. The maximum absolute atomic E-state index is 12.1. The molecule has 1 aliphatic heterocycles. The average molecular weight is 297 g/mol. The second-order valence-electron chi connectivity index (χ2n) is 6.51. The van der Waals surface area contributed by atoms with Crippen LogP contribution in [-0.2, 0) is 4.79 Å². The number of carboxylic acid groups (broad SMARTS) is 1. The van der Waals surface area contributed by atoms with E-state index in [-0.39, 0.29) is 6.03 Å². The van der Waals surface area contributed by atoms with Crippen molar-refractivity contribution in [1.29, 1.82) is 0 Å². The summed E-state index contributed by atoms with van der Waals surface area (Å²) in [6.07, 6.45) is 3.70. The Kier molecular flexibility index (Phi) is 5.45. The van der Waals surface area contributed by atoms with Gasteiger partial charge >= 0.3 is 12.0 Å². The van der Waals surface area contributed by atoms with Crippen LogP contribution in [0.25, 0.3) is 0 Å². The largest absolute Gasteiger partial charge is 0.480 e. The summed E-state index contributed by atoms with van der Waals surface area (Å²) in [6, 6.07) is -0.479. The summed E-state index contributed by atoms with van der Waals surface area (Å²) in [5.41, 5.74) is 0. The number of nitrogens with one attached hydrogen (secondary N) is 1. The molecule has 6 heteroatoms. The lowest BCUT2D eigenvalue weighted by Crippen LogP contribution is -2.55. The van der Waals surface area contributed by atoms with Crippen LogP contribution in [-0.4, -0.2) is 65.7 Å². The number of carbonyl (C=O) groups is 2. The highest BCUT2D eigenvalue weighted by molar-refractivity contribution is 5.75. The van der Waals surface area contributed by atoms with Crippen LogP contribution in [0.15, 0.2) is 0 Å². The molecular formula is C15H27N3O3. The first kappa shape index (κ1) is 16.1. The molecule has 1 aliphatic carbocycles. The molecule has 1 saturated carbocycles. The van der Waals surface area contributed by atoms with E-state index in [1.807, 2.05) is 4.90 Å². The van der Waals surface area contributed by atoms with Crippen LogP contribution in [0.5, 0.6) is 0 Å². The fourth-order valence-corrected chi connectivity index (χ4v) is 3.32. The molecule has 1 heterocycles. The van der Waals surface area contributed by atoms with Crippen LogP contribution in [0.2, 0.25) is 0 Å². The number of nitrogens with zero attached hydrogens (tertiary/aromatic N) is 2. The number of carbonyl (C=O) groups excluding carboxylic acids is 1. The Balaban J connectivity index is 1.69. The second kappa shape index (κ2) is 7.11. The lowest BCUT2D eigenvalue weighted by molar-refractivity contribution is -0.143. The van der Waals surface area contributed by atoms with Crippen molar-refractivity contribution in [3.05, 3.63) is 0 Å². The van der Waals surface area contributed by atoms with Crippen molar-refractivity contribution in [3.63, 3.8) is 0 Å². The van der Waals surface area contributed by atoms with E-state index in [4.69, 9.17) is 5.11 Å². The van der Waals surface area contributed by atoms with Crippen LogP contribution >= 0.6 is 0 Å². The molecule has 6 nitrogen and oxygen atoms in total. The van der Waals surface area contributed by atoms with E-state index in [0.717, 1.165) is 12.5 Å². The van der Waals surface area contributed by atoms with Crippen molar-refractivity contribution < 1.29 is 14.7 Å². The zero-order valence-corrected chi connectivity index (χ0v) is 13.0. The average Bonchev–Trinajstić information content (AvgIpc) is 2.89. The van der Waals surface area contributed by atoms with Crippen LogP contribution in [0.1, 0.15) is 33.1 Å². The summed E-state index contributed by atoms with van der Waals surface area (Å²) in [5.74, 6) is 0.605. The highest BCUT2D eigenvalue weighted by Crippen LogP contribution is 2.29. The van der Waals surface area contributed by atoms with E-state index in [0.29, 0.717) is 32.1 Å². The van der Waals surface area contributed by atoms with Crippen LogP contribution in [0.3, 0.4) is 0 Å². The molecule has 2 N–H and O–H groups in total. The van der Waals surface area contributed by atoms with E-state index in [2.05, 4.69) is 12.2 Å². The quantitative estimate of drug-likeness (QED) is 0.818. The van der Waals surface area contributed by atoms with E-state index in [9.17, 15) is 9.59 Å².